The van der Waals surface area contributed by atoms with Crippen molar-refractivity contribution in [3.05, 3.63) is 52.0 Å². The Balaban J connectivity index is 2.32. The molecule has 3 heteroatoms. The van der Waals surface area contributed by atoms with E-state index in [9.17, 15) is 0 Å². The van der Waals surface area contributed by atoms with Crippen molar-refractivity contribution >= 4 is 11.3 Å². The Bertz CT molecular complexity index is 497. The minimum absolute atomic E-state index is 0.115. The van der Waals surface area contributed by atoms with Gasteiger partial charge in [0, 0.05) is 10.8 Å². The molecule has 0 aliphatic carbocycles. The first kappa shape index (κ1) is 13.2. The molecule has 1 aromatic heterocycles. The first-order chi connectivity index (χ1) is 8.52. The van der Waals surface area contributed by atoms with Gasteiger partial charge in [-0.3, -0.25) is 0 Å². The van der Waals surface area contributed by atoms with Gasteiger partial charge in [0.05, 0.1) is 11.7 Å². The first-order valence-electron chi connectivity index (χ1n) is 6.20. The molecule has 2 nitrogen and oxygen atoms in total. The number of thiazole rings is 1. The number of hydrogen-bond donors (Lipinski definition) is 1. The fourth-order valence-electron chi connectivity index (χ4n) is 1.84. The lowest BCUT2D eigenvalue weighted by molar-refractivity contribution is 0.566. The van der Waals surface area contributed by atoms with Crippen molar-refractivity contribution in [1.29, 1.82) is 0 Å². The molecule has 1 unspecified atom stereocenters. The van der Waals surface area contributed by atoms with Gasteiger partial charge in [-0.05, 0) is 12.6 Å². The number of benzene rings is 1. The van der Waals surface area contributed by atoms with Crippen LogP contribution < -0.4 is 5.32 Å². The van der Waals surface area contributed by atoms with Crippen molar-refractivity contribution in [1.82, 2.24) is 10.3 Å². The highest BCUT2D eigenvalue weighted by Crippen LogP contribution is 2.29. The predicted octanol–water partition coefficient (Wildman–Crippen LogP) is 3.75. The highest BCUT2D eigenvalue weighted by Gasteiger charge is 2.21. The minimum Gasteiger partial charge on any atom is -0.307 e. The van der Waals surface area contributed by atoms with Crippen LogP contribution in [0.1, 0.15) is 43.1 Å². The standard InChI is InChI=1S/C15H20N2S/c1-15(2,3)12-10-18-14(17-12)13(16-4)11-8-6-5-7-9-11/h5-10,13,16H,1-4H3. The SMILES string of the molecule is CNC(c1ccccc1)c1nc(C(C)(C)C)cs1. The number of hydrogen-bond acceptors (Lipinski definition) is 3. The van der Waals surface area contributed by atoms with Gasteiger partial charge in [-0.15, -0.1) is 11.3 Å². The van der Waals surface area contributed by atoms with Crippen LogP contribution in [0.3, 0.4) is 0 Å². The summed E-state index contributed by atoms with van der Waals surface area (Å²) in [5, 5.41) is 6.65. The first-order valence-corrected chi connectivity index (χ1v) is 7.08. The average molecular weight is 260 g/mol. The summed E-state index contributed by atoms with van der Waals surface area (Å²) in [4.78, 5) is 4.79. The quantitative estimate of drug-likeness (QED) is 0.909. The molecule has 2 rings (SSSR count). The van der Waals surface area contributed by atoms with Crippen molar-refractivity contribution in [2.24, 2.45) is 0 Å². The van der Waals surface area contributed by atoms with Gasteiger partial charge >= 0.3 is 0 Å². The van der Waals surface area contributed by atoms with Gasteiger partial charge in [0.2, 0.25) is 0 Å². The van der Waals surface area contributed by atoms with Gasteiger partial charge in [-0.1, -0.05) is 51.1 Å². The molecule has 0 radical (unpaired) electrons. The van der Waals surface area contributed by atoms with Crippen LogP contribution >= 0.6 is 11.3 Å². The van der Waals surface area contributed by atoms with E-state index in [-0.39, 0.29) is 11.5 Å². The molecule has 96 valence electrons. The molecular formula is C15H20N2S. The van der Waals surface area contributed by atoms with E-state index in [1.165, 1.54) is 11.3 Å². The van der Waals surface area contributed by atoms with Gasteiger partial charge in [0.1, 0.15) is 5.01 Å². The fraction of sp³-hybridized carbons (Fsp3) is 0.400. The van der Waals surface area contributed by atoms with Crippen LogP contribution in [0.5, 0.6) is 0 Å². The molecular weight excluding hydrogens is 240 g/mol. The maximum Gasteiger partial charge on any atom is 0.114 e. The third kappa shape index (κ3) is 2.79. The molecule has 1 N–H and O–H groups in total. The second kappa shape index (κ2) is 5.21. The number of nitrogens with zero attached hydrogens (tertiary/aromatic N) is 1. The molecule has 0 saturated heterocycles. The molecule has 0 amide bonds. The smallest absolute Gasteiger partial charge is 0.114 e. The van der Waals surface area contributed by atoms with E-state index in [0.29, 0.717) is 0 Å². The molecule has 0 saturated carbocycles. The predicted molar refractivity (Wildman–Crippen MR) is 78.2 cm³/mol. The normalized spacial score (nSPS) is 13.6. The molecule has 1 heterocycles. The maximum atomic E-state index is 4.79. The van der Waals surface area contributed by atoms with E-state index in [2.05, 4.69) is 55.7 Å². The number of aromatic nitrogens is 1. The second-order valence-electron chi connectivity index (χ2n) is 5.45. The summed E-state index contributed by atoms with van der Waals surface area (Å²) in [5.41, 5.74) is 2.54. The fourth-order valence-corrected chi connectivity index (χ4v) is 3.02. The van der Waals surface area contributed by atoms with E-state index >= 15 is 0 Å². The van der Waals surface area contributed by atoms with E-state index in [4.69, 9.17) is 4.98 Å². The Hall–Kier alpha value is -1.19. The molecule has 0 bridgehead atoms. The third-order valence-corrected chi connectivity index (χ3v) is 3.87. The van der Waals surface area contributed by atoms with Crippen LogP contribution in [0.2, 0.25) is 0 Å². The Labute approximate surface area is 113 Å². The summed E-state index contributed by atoms with van der Waals surface area (Å²) in [5.74, 6) is 0. The molecule has 0 fully saturated rings. The highest BCUT2D eigenvalue weighted by molar-refractivity contribution is 7.09. The van der Waals surface area contributed by atoms with E-state index in [1.54, 1.807) is 11.3 Å². The Kier molecular flexibility index (Phi) is 3.83. The van der Waals surface area contributed by atoms with Crippen LogP contribution in [0.4, 0.5) is 0 Å². The van der Waals surface area contributed by atoms with Crippen molar-refractivity contribution in [3.8, 4) is 0 Å². The number of nitrogens with one attached hydrogen (secondary N) is 1. The minimum atomic E-state index is 0.115. The van der Waals surface area contributed by atoms with Gasteiger partial charge in [0.15, 0.2) is 0 Å². The molecule has 18 heavy (non-hydrogen) atoms. The molecule has 1 aromatic carbocycles. The van der Waals surface area contributed by atoms with Gasteiger partial charge < -0.3 is 5.32 Å². The Morgan fingerprint density at radius 2 is 1.83 bits per heavy atom. The zero-order valence-electron chi connectivity index (χ0n) is 11.4. The third-order valence-electron chi connectivity index (χ3n) is 2.96. The van der Waals surface area contributed by atoms with Crippen molar-refractivity contribution in [2.45, 2.75) is 32.2 Å². The average Bonchev–Trinajstić information content (AvgIpc) is 2.81. The zero-order chi connectivity index (χ0) is 13.2. The van der Waals surface area contributed by atoms with Crippen LogP contribution in [0.25, 0.3) is 0 Å². The summed E-state index contributed by atoms with van der Waals surface area (Å²) in [6.45, 7) is 6.59. The van der Waals surface area contributed by atoms with Gasteiger partial charge in [-0.25, -0.2) is 4.98 Å². The molecule has 0 aliphatic heterocycles. The van der Waals surface area contributed by atoms with E-state index < -0.39 is 0 Å². The van der Waals surface area contributed by atoms with Crippen molar-refractivity contribution in [3.63, 3.8) is 0 Å². The Morgan fingerprint density at radius 1 is 1.17 bits per heavy atom. The number of rotatable bonds is 3. The van der Waals surface area contributed by atoms with Crippen LogP contribution in [0.15, 0.2) is 35.7 Å². The lowest BCUT2D eigenvalue weighted by atomic mass is 9.93. The summed E-state index contributed by atoms with van der Waals surface area (Å²) in [6, 6.07) is 10.6. The largest absolute Gasteiger partial charge is 0.307 e. The van der Waals surface area contributed by atoms with E-state index in [1.807, 2.05) is 13.1 Å². The summed E-state index contributed by atoms with van der Waals surface area (Å²) < 4.78 is 0. The molecule has 0 spiro atoms. The summed E-state index contributed by atoms with van der Waals surface area (Å²) in [6.07, 6.45) is 0. The van der Waals surface area contributed by atoms with E-state index in [0.717, 1.165) is 5.01 Å². The summed E-state index contributed by atoms with van der Waals surface area (Å²) in [7, 11) is 1.98. The summed E-state index contributed by atoms with van der Waals surface area (Å²) >= 11 is 1.73. The zero-order valence-corrected chi connectivity index (χ0v) is 12.2. The molecule has 2 aromatic rings. The van der Waals surface area contributed by atoms with Crippen molar-refractivity contribution in [2.75, 3.05) is 7.05 Å². The molecule has 0 aliphatic rings. The van der Waals surface area contributed by atoms with Crippen LogP contribution in [-0.2, 0) is 5.41 Å². The van der Waals surface area contributed by atoms with Crippen LogP contribution in [-0.4, -0.2) is 12.0 Å². The lowest BCUT2D eigenvalue weighted by Gasteiger charge is -2.16. The topological polar surface area (TPSA) is 24.9 Å². The molecule has 1 atom stereocenters. The van der Waals surface area contributed by atoms with Gasteiger partial charge in [-0.2, -0.15) is 0 Å². The maximum absolute atomic E-state index is 4.79. The monoisotopic (exact) mass is 260 g/mol. The van der Waals surface area contributed by atoms with Crippen molar-refractivity contribution < 1.29 is 0 Å². The highest BCUT2D eigenvalue weighted by atomic mass is 32.1. The Morgan fingerprint density at radius 3 is 2.33 bits per heavy atom. The van der Waals surface area contributed by atoms with Crippen LogP contribution in [0, 0.1) is 0 Å². The van der Waals surface area contributed by atoms with Gasteiger partial charge in [0.25, 0.3) is 0 Å². The lowest BCUT2D eigenvalue weighted by Crippen LogP contribution is -2.18. The second-order valence-corrected chi connectivity index (χ2v) is 6.34.